The summed E-state index contributed by atoms with van der Waals surface area (Å²) in [6.45, 7) is 5.24. The van der Waals surface area contributed by atoms with Gasteiger partial charge in [0, 0.05) is 38.0 Å². The average Bonchev–Trinajstić information content (AvgIpc) is 2.97. The molecular weight excluding hydrogens is 332 g/mol. The van der Waals surface area contributed by atoms with Crippen LogP contribution in [0.3, 0.4) is 0 Å². The lowest BCUT2D eigenvalue weighted by Crippen LogP contribution is -2.23. The Balaban J connectivity index is 2.05. The van der Waals surface area contributed by atoms with E-state index in [0.717, 1.165) is 22.5 Å². The van der Waals surface area contributed by atoms with Crippen molar-refractivity contribution >= 4 is 23.3 Å². The zero-order chi connectivity index (χ0) is 19.0. The maximum Gasteiger partial charge on any atom is 0.272 e. The molecule has 1 N–H and O–H groups in total. The molecule has 3 aromatic rings. The van der Waals surface area contributed by atoms with Crippen LogP contribution in [0.5, 0.6) is 0 Å². The number of amides is 2. The van der Waals surface area contributed by atoms with Crippen molar-refractivity contribution in [2.24, 2.45) is 0 Å². The molecule has 2 heterocycles. The Hall–Kier alpha value is -3.29. The predicted molar refractivity (Wildman–Crippen MR) is 98.0 cm³/mol. The van der Waals surface area contributed by atoms with Crippen LogP contribution in [0.25, 0.3) is 17.2 Å². The minimum absolute atomic E-state index is 0.124. The summed E-state index contributed by atoms with van der Waals surface area (Å²) < 4.78 is 1.61. The van der Waals surface area contributed by atoms with Crippen LogP contribution in [0.15, 0.2) is 24.3 Å². The molecular formula is C18H20N6O2. The van der Waals surface area contributed by atoms with E-state index in [0.29, 0.717) is 17.3 Å². The van der Waals surface area contributed by atoms with Crippen LogP contribution < -0.4 is 5.32 Å². The molecule has 0 saturated heterocycles. The minimum Gasteiger partial charge on any atom is -0.343 e. The molecule has 134 valence electrons. The van der Waals surface area contributed by atoms with Gasteiger partial charge in [0.15, 0.2) is 5.82 Å². The molecule has 0 saturated carbocycles. The van der Waals surface area contributed by atoms with Crippen molar-refractivity contribution < 1.29 is 9.59 Å². The van der Waals surface area contributed by atoms with E-state index in [1.165, 1.54) is 11.8 Å². The number of benzene rings is 1. The van der Waals surface area contributed by atoms with Gasteiger partial charge in [-0.1, -0.05) is 0 Å². The largest absolute Gasteiger partial charge is 0.343 e. The van der Waals surface area contributed by atoms with E-state index < -0.39 is 0 Å². The summed E-state index contributed by atoms with van der Waals surface area (Å²) in [5.74, 6) is 0.578. The third kappa shape index (κ3) is 3.26. The Bertz CT molecular complexity index is 1020. The first kappa shape index (κ1) is 17.5. The summed E-state index contributed by atoms with van der Waals surface area (Å²) in [6.07, 6.45) is 0. The molecule has 1 aromatic carbocycles. The van der Waals surface area contributed by atoms with Crippen molar-refractivity contribution in [1.82, 2.24) is 24.5 Å². The SMILES string of the molecule is CC(=O)Nc1ccc(-c2nc3nc(C(=O)N(C)C)cc(C)n3n2)c(C)c1. The number of rotatable bonds is 3. The van der Waals surface area contributed by atoms with Gasteiger partial charge in [-0.05, 0) is 43.7 Å². The van der Waals surface area contributed by atoms with Gasteiger partial charge in [-0.2, -0.15) is 4.98 Å². The number of hydrogen-bond acceptors (Lipinski definition) is 5. The molecule has 0 radical (unpaired) electrons. The average molecular weight is 352 g/mol. The first-order valence-electron chi connectivity index (χ1n) is 8.11. The Morgan fingerprint density at radius 1 is 1.12 bits per heavy atom. The quantitative estimate of drug-likeness (QED) is 0.779. The van der Waals surface area contributed by atoms with Crippen LogP contribution in [0.2, 0.25) is 0 Å². The number of nitrogens with zero attached hydrogens (tertiary/aromatic N) is 5. The predicted octanol–water partition coefficient (Wildman–Crippen LogP) is 2.07. The molecule has 2 aromatic heterocycles. The molecule has 3 rings (SSSR count). The smallest absolute Gasteiger partial charge is 0.272 e. The molecule has 0 atom stereocenters. The standard InChI is InChI=1S/C18H20N6O2/c1-10-8-13(19-12(3)25)6-7-14(10)16-21-18-20-15(17(26)23(4)5)9-11(2)24(18)22-16/h6-9H,1-5H3,(H,19,25). The second-order valence-electron chi connectivity index (χ2n) is 6.34. The molecule has 8 nitrogen and oxygen atoms in total. The highest BCUT2D eigenvalue weighted by Crippen LogP contribution is 2.24. The van der Waals surface area contributed by atoms with Gasteiger partial charge in [-0.15, -0.1) is 5.10 Å². The Labute approximate surface area is 150 Å². The van der Waals surface area contributed by atoms with Crippen molar-refractivity contribution in [2.45, 2.75) is 20.8 Å². The van der Waals surface area contributed by atoms with Crippen LogP contribution in [-0.2, 0) is 4.79 Å². The maximum atomic E-state index is 12.2. The fourth-order valence-electron chi connectivity index (χ4n) is 2.66. The van der Waals surface area contributed by atoms with Crippen molar-refractivity contribution in [2.75, 3.05) is 19.4 Å². The van der Waals surface area contributed by atoms with E-state index in [-0.39, 0.29) is 11.8 Å². The highest BCUT2D eigenvalue weighted by atomic mass is 16.2. The normalized spacial score (nSPS) is 10.8. The summed E-state index contributed by atoms with van der Waals surface area (Å²) in [5.41, 5.74) is 3.58. The minimum atomic E-state index is -0.184. The van der Waals surface area contributed by atoms with Gasteiger partial charge in [0.2, 0.25) is 5.91 Å². The van der Waals surface area contributed by atoms with E-state index >= 15 is 0 Å². The summed E-state index contributed by atoms with van der Waals surface area (Å²) in [4.78, 5) is 33.6. The third-order valence-corrected chi connectivity index (χ3v) is 3.90. The molecule has 0 spiro atoms. The zero-order valence-electron chi connectivity index (χ0n) is 15.4. The maximum absolute atomic E-state index is 12.2. The Kier molecular flexibility index (Phi) is 4.41. The van der Waals surface area contributed by atoms with Gasteiger partial charge in [-0.3, -0.25) is 9.59 Å². The van der Waals surface area contributed by atoms with Crippen molar-refractivity contribution in [1.29, 1.82) is 0 Å². The van der Waals surface area contributed by atoms with Gasteiger partial charge >= 0.3 is 0 Å². The summed E-state index contributed by atoms with van der Waals surface area (Å²) in [6, 6.07) is 7.22. The van der Waals surface area contributed by atoms with Gasteiger partial charge in [0.25, 0.3) is 11.7 Å². The Morgan fingerprint density at radius 2 is 1.85 bits per heavy atom. The molecule has 0 bridgehead atoms. The number of hydrogen-bond donors (Lipinski definition) is 1. The van der Waals surface area contributed by atoms with E-state index in [1.54, 1.807) is 30.7 Å². The molecule has 8 heteroatoms. The molecule has 0 aliphatic rings. The van der Waals surface area contributed by atoms with Crippen LogP contribution in [0, 0.1) is 13.8 Å². The van der Waals surface area contributed by atoms with E-state index in [4.69, 9.17) is 0 Å². The first-order chi connectivity index (χ1) is 12.3. The first-order valence-corrected chi connectivity index (χ1v) is 8.11. The number of nitrogens with one attached hydrogen (secondary N) is 1. The summed E-state index contributed by atoms with van der Waals surface area (Å²) >= 11 is 0. The third-order valence-electron chi connectivity index (χ3n) is 3.90. The van der Waals surface area contributed by atoms with Crippen LogP contribution in [-0.4, -0.2) is 50.4 Å². The van der Waals surface area contributed by atoms with E-state index in [2.05, 4.69) is 20.4 Å². The van der Waals surface area contributed by atoms with Crippen LogP contribution >= 0.6 is 0 Å². The lowest BCUT2D eigenvalue weighted by atomic mass is 10.1. The van der Waals surface area contributed by atoms with Crippen molar-refractivity contribution in [3.63, 3.8) is 0 Å². The molecule has 26 heavy (non-hydrogen) atoms. The summed E-state index contributed by atoms with van der Waals surface area (Å²) in [7, 11) is 3.36. The number of fused-ring (bicyclic) bond motifs is 1. The Morgan fingerprint density at radius 3 is 2.46 bits per heavy atom. The highest BCUT2D eigenvalue weighted by Gasteiger charge is 2.16. The number of carbonyl (C=O) groups excluding carboxylic acids is 2. The van der Waals surface area contributed by atoms with Gasteiger partial charge in [0.1, 0.15) is 5.69 Å². The molecule has 2 amide bonds. The number of carbonyl (C=O) groups is 2. The molecule has 0 fully saturated rings. The molecule has 0 aliphatic carbocycles. The fraction of sp³-hybridized carbons (Fsp3) is 0.278. The van der Waals surface area contributed by atoms with Crippen LogP contribution in [0.1, 0.15) is 28.7 Å². The second-order valence-corrected chi connectivity index (χ2v) is 6.34. The number of anilines is 1. The fourth-order valence-corrected chi connectivity index (χ4v) is 2.66. The lowest BCUT2D eigenvalue weighted by molar-refractivity contribution is -0.114. The van der Waals surface area contributed by atoms with Crippen LogP contribution in [0.4, 0.5) is 5.69 Å². The topological polar surface area (TPSA) is 92.5 Å². The van der Waals surface area contributed by atoms with Gasteiger partial charge in [-0.25, -0.2) is 9.50 Å². The highest BCUT2D eigenvalue weighted by molar-refractivity contribution is 5.92. The zero-order valence-corrected chi connectivity index (χ0v) is 15.4. The van der Waals surface area contributed by atoms with Gasteiger partial charge < -0.3 is 10.2 Å². The summed E-state index contributed by atoms with van der Waals surface area (Å²) in [5, 5.41) is 7.26. The van der Waals surface area contributed by atoms with Crippen molar-refractivity contribution in [3.05, 3.63) is 41.2 Å². The van der Waals surface area contributed by atoms with Crippen molar-refractivity contribution in [3.8, 4) is 11.4 Å². The van der Waals surface area contributed by atoms with E-state index in [9.17, 15) is 9.59 Å². The monoisotopic (exact) mass is 352 g/mol. The van der Waals surface area contributed by atoms with E-state index in [1.807, 2.05) is 26.0 Å². The second kappa shape index (κ2) is 6.55. The van der Waals surface area contributed by atoms with Gasteiger partial charge in [0.05, 0.1) is 0 Å². The number of aryl methyl sites for hydroxylation is 2. The molecule has 0 unspecified atom stereocenters. The number of aromatic nitrogens is 4. The molecule has 0 aliphatic heterocycles. The lowest BCUT2D eigenvalue weighted by Gasteiger charge is -2.09.